The predicted octanol–water partition coefficient (Wildman–Crippen LogP) is 2.37. The van der Waals surface area contributed by atoms with Crippen LogP contribution in [0.3, 0.4) is 0 Å². The molecule has 0 radical (unpaired) electrons. The molecule has 0 heterocycles. The van der Waals surface area contributed by atoms with Crippen LogP contribution in [0.15, 0.2) is 24.3 Å². The number of anilines is 1. The molecular formula is C12H20N2. The number of hydrogen-bond acceptors (Lipinski definition) is 2. The van der Waals surface area contributed by atoms with E-state index in [0.29, 0.717) is 5.92 Å². The van der Waals surface area contributed by atoms with Gasteiger partial charge >= 0.3 is 0 Å². The van der Waals surface area contributed by atoms with Crippen molar-refractivity contribution in [2.45, 2.75) is 25.7 Å². The fourth-order valence-electron chi connectivity index (χ4n) is 1.78. The zero-order chi connectivity index (χ0) is 10.4. The van der Waals surface area contributed by atoms with Crippen molar-refractivity contribution in [1.82, 2.24) is 5.32 Å². The van der Waals surface area contributed by atoms with Crippen LogP contribution in [0, 0.1) is 0 Å². The molecule has 0 saturated heterocycles. The van der Waals surface area contributed by atoms with Gasteiger partial charge in [0.25, 0.3) is 0 Å². The topological polar surface area (TPSA) is 38.0 Å². The fourth-order valence-corrected chi connectivity index (χ4v) is 1.78. The second-order valence-corrected chi connectivity index (χ2v) is 3.63. The first-order chi connectivity index (χ1) is 6.79. The van der Waals surface area contributed by atoms with Gasteiger partial charge in [-0.25, -0.2) is 0 Å². The Balaban J connectivity index is 2.73. The van der Waals surface area contributed by atoms with E-state index in [2.05, 4.69) is 24.4 Å². The molecule has 1 aromatic carbocycles. The first-order valence-electron chi connectivity index (χ1n) is 5.28. The van der Waals surface area contributed by atoms with Crippen molar-refractivity contribution >= 4 is 5.69 Å². The summed E-state index contributed by atoms with van der Waals surface area (Å²) in [4.78, 5) is 0. The van der Waals surface area contributed by atoms with Gasteiger partial charge in [0.2, 0.25) is 0 Å². The Morgan fingerprint density at radius 1 is 1.36 bits per heavy atom. The molecule has 0 spiro atoms. The Morgan fingerprint density at radius 3 is 2.64 bits per heavy atom. The van der Waals surface area contributed by atoms with E-state index in [1.807, 2.05) is 19.2 Å². The molecule has 1 unspecified atom stereocenters. The second-order valence-electron chi connectivity index (χ2n) is 3.63. The summed E-state index contributed by atoms with van der Waals surface area (Å²) in [6.45, 7) is 3.26. The molecule has 0 saturated carbocycles. The molecule has 1 aromatic rings. The van der Waals surface area contributed by atoms with Crippen molar-refractivity contribution in [2.75, 3.05) is 19.3 Å². The molecule has 0 amide bonds. The normalized spacial score (nSPS) is 12.7. The molecule has 0 aromatic heterocycles. The van der Waals surface area contributed by atoms with E-state index in [-0.39, 0.29) is 0 Å². The maximum atomic E-state index is 5.95. The Bertz CT molecular complexity index is 271. The van der Waals surface area contributed by atoms with Gasteiger partial charge in [-0.2, -0.15) is 0 Å². The van der Waals surface area contributed by atoms with Crippen LogP contribution < -0.4 is 11.1 Å². The van der Waals surface area contributed by atoms with E-state index in [1.165, 1.54) is 5.56 Å². The van der Waals surface area contributed by atoms with Crippen molar-refractivity contribution in [3.8, 4) is 0 Å². The number of nitrogens with one attached hydrogen (secondary N) is 1. The summed E-state index contributed by atoms with van der Waals surface area (Å²) in [5.41, 5.74) is 8.17. The Morgan fingerprint density at radius 2 is 2.07 bits per heavy atom. The summed E-state index contributed by atoms with van der Waals surface area (Å²) >= 11 is 0. The van der Waals surface area contributed by atoms with Gasteiger partial charge in [0.15, 0.2) is 0 Å². The molecule has 0 aliphatic heterocycles. The van der Waals surface area contributed by atoms with Crippen LogP contribution in [0.1, 0.15) is 31.2 Å². The van der Waals surface area contributed by atoms with E-state index < -0.39 is 0 Å². The molecule has 3 N–H and O–H groups in total. The molecule has 2 heteroatoms. The van der Waals surface area contributed by atoms with E-state index in [0.717, 1.165) is 25.1 Å². The van der Waals surface area contributed by atoms with Crippen LogP contribution in [0.5, 0.6) is 0 Å². The van der Waals surface area contributed by atoms with Crippen LogP contribution in [-0.2, 0) is 0 Å². The van der Waals surface area contributed by atoms with E-state index in [9.17, 15) is 0 Å². The molecule has 0 bridgehead atoms. The molecule has 0 aliphatic rings. The second kappa shape index (κ2) is 5.66. The monoisotopic (exact) mass is 192 g/mol. The molecule has 0 fully saturated rings. The summed E-state index contributed by atoms with van der Waals surface area (Å²) in [6, 6.07) is 8.17. The molecule has 78 valence electrons. The number of hydrogen-bond donors (Lipinski definition) is 2. The predicted molar refractivity (Wildman–Crippen MR) is 62.4 cm³/mol. The van der Waals surface area contributed by atoms with Gasteiger partial charge in [0.05, 0.1) is 0 Å². The van der Waals surface area contributed by atoms with E-state index in [1.54, 1.807) is 0 Å². The highest BCUT2D eigenvalue weighted by Gasteiger charge is 2.10. The van der Waals surface area contributed by atoms with Crippen molar-refractivity contribution in [3.63, 3.8) is 0 Å². The van der Waals surface area contributed by atoms with Crippen molar-refractivity contribution in [2.24, 2.45) is 0 Å². The Hall–Kier alpha value is -1.02. The smallest absolute Gasteiger partial charge is 0.0349 e. The maximum absolute atomic E-state index is 5.95. The minimum absolute atomic E-state index is 0.587. The average molecular weight is 192 g/mol. The Kier molecular flexibility index (Phi) is 4.47. The minimum Gasteiger partial charge on any atom is -0.398 e. The number of nitrogens with two attached hydrogens (primary N) is 1. The van der Waals surface area contributed by atoms with Gasteiger partial charge in [-0.3, -0.25) is 0 Å². The summed E-state index contributed by atoms with van der Waals surface area (Å²) in [6.07, 6.45) is 2.30. The lowest BCUT2D eigenvalue weighted by Crippen LogP contribution is -2.12. The first kappa shape index (κ1) is 11.1. The van der Waals surface area contributed by atoms with Crippen LogP contribution in [0.2, 0.25) is 0 Å². The Labute approximate surface area is 86.5 Å². The van der Waals surface area contributed by atoms with Crippen LogP contribution >= 0.6 is 0 Å². The molecule has 0 aliphatic carbocycles. The van der Waals surface area contributed by atoms with Gasteiger partial charge in [-0.15, -0.1) is 0 Å². The van der Waals surface area contributed by atoms with Crippen molar-refractivity contribution in [1.29, 1.82) is 0 Å². The molecule has 1 atom stereocenters. The lowest BCUT2D eigenvalue weighted by atomic mass is 9.92. The quantitative estimate of drug-likeness (QED) is 0.703. The summed E-state index contributed by atoms with van der Waals surface area (Å²) in [5.74, 6) is 0.587. The highest BCUT2D eigenvalue weighted by Crippen LogP contribution is 2.27. The standard InChI is InChI=1S/C12H20N2/c1-3-10(8-9-14-2)11-6-4-5-7-12(11)13/h4-7,10,14H,3,8-9,13H2,1-2H3. The number of nitrogen functional groups attached to an aromatic ring is 1. The third-order valence-electron chi connectivity index (χ3n) is 2.67. The van der Waals surface area contributed by atoms with Crippen LogP contribution in [-0.4, -0.2) is 13.6 Å². The minimum atomic E-state index is 0.587. The third kappa shape index (κ3) is 2.74. The summed E-state index contributed by atoms with van der Waals surface area (Å²) < 4.78 is 0. The van der Waals surface area contributed by atoms with Gasteiger partial charge < -0.3 is 11.1 Å². The van der Waals surface area contributed by atoms with Gasteiger partial charge in [-0.05, 0) is 44.0 Å². The number of para-hydroxylation sites is 1. The SMILES string of the molecule is CCC(CCNC)c1ccccc1N. The fraction of sp³-hybridized carbons (Fsp3) is 0.500. The zero-order valence-electron chi connectivity index (χ0n) is 9.09. The number of rotatable bonds is 5. The van der Waals surface area contributed by atoms with E-state index in [4.69, 9.17) is 5.73 Å². The molecule has 1 rings (SSSR count). The molecular weight excluding hydrogens is 172 g/mol. The summed E-state index contributed by atoms with van der Waals surface area (Å²) in [7, 11) is 1.99. The van der Waals surface area contributed by atoms with Gasteiger partial charge in [0.1, 0.15) is 0 Å². The van der Waals surface area contributed by atoms with Gasteiger partial charge in [0, 0.05) is 5.69 Å². The van der Waals surface area contributed by atoms with E-state index >= 15 is 0 Å². The van der Waals surface area contributed by atoms with Crippen molar-refractivity contribution in [3.05, 3.63) is 29.8 Å². The van der Waals surface area contributed by atoms with Crippen molar-refractivity contribution < 1.29 is 0 Å². The number of benzene rings is 1. The third-order valence-corrected chi connectivity index (χ3v) is 2.67. The van der Waals surface area contributed by atoms with Gasteiger partial charge in [-0.1, -0.05) is 25.1 Å². The zero-order valence-corrected chi connectivity index (χ0v) is 9.09. The summed E-state index contributed by atoms with van der Waals surface area (Å²) in [5, 5.41) is 3.18. The first-order valence-corrected chi connectivity index (χ1v) is 5.28. The molecule has 14 heavy (non-hydrogen) atoms. The highest BCUT2D eigenvalue weighted by atomic mass is 14.8. The van der Waals surface area contributed by atoms with Crippen LogP contribution in [0.4, 0.5) is 5.69 Å². The highest BCUT2D eigenvalue weighted by molar-refractivity contribution is 5.48. The lowest BCUT2D eigenvalue weighted by Gasteiger charge is -2.16. The largest absolute Gasteiger partial charge is 0.398 e. The molecule has 2 nitrogen and oxygen atoms in total. The lowest BCUT2D eigenvalue weighted by molar-refractivity contribution is 0.582. The average Bonchev–Trinajstić information content (AvgIpc) is 2.21. The maximum Gasteiger partial charge on any atom is 0.0349 e. The van der Waals surface area contributed by atoms with Crippen LogP contribution in [0.25, 0.3) is 0 Å².